The summed E-state index contributed by atoms with van der Waals surface area (Å²) in [6.07, 6.45) is 3.87. The van der Waals surface area contributed by atoms with Crippen LogP contribution in [0.15, 0.2) is 18.2 Å². The van der Waals surface area contributed by atoms with Gasteiger partial charge in [-0.05, 0) is 54.4 Å². The zero-order valence-corrected chi connectivity index (χ0v) is 17.8. The molecule has 0 fully saturated rings. The summed E-state index contributed by atoms with van der Waals surface area (Å²) in [5, 5.41) is 3.45. The highest BCUT2D eigenvalue weighted by molar-refractivity contribution is 7.17. The number of nitrogens with two attached hydrogens (primary N) is 1. The Labute approximate surface area is 174 Å². The second-order valence-electron chi connectivity index (χ2n) is 8.38. The maximum Gasteiger partial charge on any atom is 0.256 e. The Morgan fingerprint density at radius 3 is 2.76 bits per heavy atom. The first-order chi connectivity index (χ1) is 13.8. The zero-order chi connectivity index (χ0) is 20.8. The molecule has 0 saturated heterocycles. The summed E-state index contributed by atoms with van der Waals surface area (Å²) < 4.78 is 10.6. The number of ether oxygens (including phenoxy) is 2. The summed E-state index contributed by atoms with van der Waals surface area (Å²) in [7, 11) is 0. The first-order valence-corrected chi connectivity index (χ1v) is 10.8. The molecule has 2 aliphatic rings. The molecule has 6 nitrogen and oxygen atoms in total. The van der Waals surface area contributed by atoms with E-state index in [4.69, 9.17) is 15.2 Å². The Bertz CT molecular complexity index is 979. The number of rotatable bonds is 5. The van der Waals surface area contributed by atoms with Gasteiger partial charge < -0.3 is 20.5 Å². The van der Waals surface area contributed by atoms with E-state index in [1.54, 1.807) is 18.2 Å². The third-order valence-corrected chi connectivity index (χ3v) is 7.56. The van der Waals surface area contributed by atoms with Crippen LogP contribution < -0.4 is 20.5 Å². The van der Waals surface area contributed by atoms with Crippen molar-refractivity contribution in [3.63, 3.8) is 0 Å². The van der Waals surface area contributed by atoms with Crippen LogP contribution in [0.5, 0.6) is 11.5 Å². The topological polar surface area (TPSA) is 90.7 Å². The van der Waals surface area contributed by atoms with E-state index >= 15 is 0 Å². The van der Waals surface area contributed by atoms with Crippen molar-refractivity contribution in [2.45, 2.75) is 46.5 Å². The number of hydrogen-bond donors (Lipinski definition) is 2. The quantitative estimate of drug-likeness (QED) is 0.760. The molecule has 0 radical (unpaired) electrons. The minimum Gasteiger partial charge on any atom is -0.454 e. The van der Waals surface area contributed by atoms with Crippen molar-refractivity contribution >= 4 is 28.2 Å². The number of benzene rings is 1. The molecule has 1 unspecified atom stereocenters. The van der Waals surface area contributed by atoms with E-state index < -0.39 is 5.91 Å². The van der Waals surface area contributed by atoms with Crippen molar-refractivity contribution < 1.29 is 19.1 Å². The van der Waals surface area contributed by atoms with Crippen molar-refractivity contribution in [1.29, 1.82) is 0 Å². The lowest BCUT2D eigenvalue weighted by Gasteiger charge is -2.36. The minimum atomic E-state index is -0.489. The van der Waals surface area contributed by atoms with Gasteiger partial charge in [-0.2, -0.15) is 0 Å². The summed E-state index contributed by atoms with van der Waals surface area (Å²) in [6.45, 7) is 6.97. The van der Waals surface area contributed by atoms with Crippen LogP contribution >= 0.6 is 11.3 Å². The van der Waals surface area contributed by atoms with Gasteiger partial charge >= 0.3 is 0 Å². The Hall–Kier alpha value is -2.54. The molecule has 1 aliphatic heterocycles. The lowest BCUT2D eigenvalue weighted by molar-refractivity contribution is 0.0999. The molecule has 2 amide bonds. The average Bonchev–Trinajstić information content (AvgIpc) is 3.30. The second kappa shape index (κ2) is 7.37. The number of hydrogen-bond acceptors (Lipinski definition) is 5. The summed E-state index contributed by atoms with van der Waals surface area (Å²) in [5.74, 6) is 0.932. The summed E-state index contributed by atoms with van der Waals surface area (Å²) >= 11 is 1.48. The van der Waals surface area contributed by atoms with Crippen molar-refractivity contribution in [3.05, 3.63) is 39.8 Å². The van der Waals surface area contributed by atoms with Gasteiger partial charge in [0.25, 0.3) is 11.8 Å². The number of amides is 2. The standard InChI is InChI=1S/C22H26N2O4S/c1-4-22(2,3)13-6-7-14-17(10-13)29-21(18(14)19(23)25)24-20(26)12-5-8-15-16(9-12)28-11-27-15/h5,8-9,13H,4,6-7,10-11H2,1-3H3,(H2,23,25)(H,24,26). The molecule has 7 heteroatoms. The van der Waals surface area contributed by atoms with Crippen LogP contribution in [0.25, 0.3) is 0 Å². The molecule has 0 bridgehead atoms. The summed E-state index contributed by atoms with van der Waals surface area (Å²) in [5.41, 5.74) is 7.85. The van der Waals surface area contributed by atoms with Crippen LogP contribution in [0.3, 0.4) is 0 Å². The van der Waals surface area contributed by atoms with Crippen LogP contribution in [0.2, 0.25) is 0 Å². The highest BCUT2D eigenvalue weighted by Gasteiger charge is 2.35. The van der Waals surface area contributed by atoms with E-state index in [1.807, 2.05) is 0 Å². The Morgan fingerprint density at radius 2 is 2.03 bits per heavy atom. The maximum atomic E-state index is 12.8. The number of thiophene rings is 1. The molecular formula is C22H26N2O4S. The maximum absolute atomic E-state index is 12.8. The highest BCUT2D eigenvalue weighted by atomic mass is 32.1. The number of fused-ring (bicyclic) bond motifs is 2. The fourth-order valence-corrected chi connectivity index (χ4v) is 5.43. The third-order valence-electron chi connectivity index (χ3n) is 6.39. The van der Waals surface area contributed by atoms with Crippen molar-refractivity contribution in [2.75, 3.05) is 12.1 Å². The zero-order valence-electron chi connectivity index (χ0n) is 17.0. The molecule has 2 heterocycles. The van der Waals surface area contributed by atoms with Gasteiger partial charge in [0, 0.05) is 10.4 Å². The largest absolute Gasteiger partial charge is 0.454 e. The average molecular weight is 415 g/mol. The normalized spacial score (nSPS) is 17.7. The fraction of sp³-hybridized carbons (Fsp3) is 0.455. The first-order valence-electron chi connectivity index (χ1n) is 9.95. The van der Waals surface area contributed by atoms with Crippen LogP contribution in [-0.2, 0) is 12.8 Å². The van der Waals surface area contributed by atoms with Gasteiger partial charge in [0.05, 0.1) is 5.56 Å². The van der Waals surface area contributed by atoms with Crippen LogP contribution in [0, 0.1) is 11.3 Å². The summed E-state index contributed by atoms with van der Waals surface area (Å²) in [6, 6.07) is 5.04. The lowest BCUT2D eigenvalue weighted by atomic mass is 9.69. The molecule has 1 aromatic heterocycles. The predicted octanol–water partition coefficient (Wildman–Crippen LogP) is 4.37. The van der Waals surface area contributed by atoms with Gasteiger partial charge in [-0.1, -0.05) is 27.2 Å². The Kier molecular flexibility index (Phi) is 5.02. The van der Waals surface area contributed by atoms with Crippen LogP contribution in [0.4, 0.5) is 5.00 Å². The number of nitrogens with one attached hydrogen (secondary N) is 1. The van der Waals surface area contributed by atoms with E-state index in [0.717, 1.165) is 36.1 Å². The number of carbonyl (C=O) groups excluding carboxylic acids is 2. The molecule has 154 valence electrons. The molecule has 1 aromatic carbocycles. The van der Waals surface area contributed by atoms with E-state index in [0.29, 0.717) is 33.5 Å². The van der Waals surface area contributed by atoms with Crippen molar-refractivity contribution in [3.8, 4) is 11.5 Å². The SMILES string of the molecule is CCC(C)(C)C1CCc2c(sc(NC(=O)c3ccc4c(c3)OCO4)c2C(N)=O)C1. The van der Waals surface area contributed by atoms with Gasteiger partial charge in [0.15, 0.2) is 11.5 Å². The highest BCUT2D eigenvalue weighted by Crippen LogP contribution is 2.45. The first kappa shape index (κ1) is 19.8. The minimum absolute atomic E-state index is 0.152. The fourth-order valence-electron chi connectivity index (χ4n) is 4.10. The number of primary amides is 1. The Balaban J connectivity index is 1.61. The van der Waals surface area contributed by atoms with Crippen molar-refractivity contribution in [2.24, 2.45) is 17.1 Å². The van der Waals surface area contributed by atoms with Gasteiger partial charge in [-0.15, -0.1) is 11.3 Å². The number of carbonyl (C=O) groups is 2. The molecular weight excluding hydrogens is 388 g/mol. The number of anilines is 1. The van der Waals surface area contributed by atoms with E-state index in [-0.39, 0.29) is 18.1 Å². The molecule has 3 N–H and O–H groups in total. The third kappa shape index (κ3) is 3.59. The smallest absolute Gasteiger partial charge is 0.256 e. The van der Waals surface area contributed by atoms with Gasteiger partial charge in [-0.3, -0.25) is 9.59 Å². The molecule has 2 aromatic rings. The molecule has 1 atom stereocenters. The van der Waals surface area contributed by atoms with Crippen LogP contribution in [-0.4, -0.2) is 18.6 Å². The van der Waals surface area contributed by atoms with Crippen molar-refractivity contribution in [1.82, 2.24) is 0 Å². The summed E-state index contributed by atoms with van der Waals surface area (Å²) in [4.78, 5) is 26.2. The predicted molar refractivity (Wildman–Crippen MR) is 113 cm³/mol. The molecule has 0 saturated carbocycles. The van der Waals surface area contributed by atoms with Gasteiger partial charge in [0.2, 0.25) is 6.79 Å². The van der Waals surface area contributed by atoms with E-state index in [9.17, 15) is 9.59 Å². The lowest BCUT2D eigenvalue weighted by Crippen LogP contribution is -2.29. The van der Waals surface area contributed by atoms with E-state index in [1.165, 1.54) is 11.3 Å². The van der Waals surface area contributed by atoms with Gasteiger partial charge in [-0.25, -0.2) is 0 Å². The molecule has 4 rings (SSSR count). The Morgan fingerprint density at radius 1 is 1.28 bits per heavy atom. The molecule has 0 spiro atoms. The van der Waals surface area contributed by atoms with Crippen LogP contribution in [0.1, 0.15) is 64.8 Å². The van der Waals surface area contributed by atoms with Gasteiger partial charge in [0.1, 0.15) is 5.00 Å². The second-order valence-corrected chi connectivity index (χ2v) is 9.48. The van der Waals surface area contributed by atoms with E-state index in [2.05, 4.69) is 26.1 Å². The monoisotopic (exact) mass is 414 g/mol. The molecule has 29 heavy (non-hydrogen) atoms. The molecule has 1 aliphatic carbocycles.